The second kappa shape index (κ2) is 24.2. The largest absolute Gasteiger partial charge is 0.388 e. The average molecular weight is 86.1 g/mol. The van der Waals surface area contributed by atoms with Crippen molar-refractivity contribution in [3.8, 4) is 12.3 Å². The lowest BCUT2D eigenvalue weighted by molar-refractivity contribution is 0.277. The molecular formula is C5H10O. The highest BCUT2D eigenvalue weighted by molar-refractivity contribution is 4.73. The van der Waals surface area contributed by atoms with Gasteiger partial charge in [0.05, 0.1) is 0 Å². The van der Waals surface area contributed by atoms with Gasteiger partial charge >= 0.3 is 0 Å². The van der Waals surface area contributed by atoms with Crippen molar-refractivity contribution in [2.45, 2.75) is 6.92 Å². The lowest BCUT2D eigenvalue weighted by Gasteiger charge is -1.61. The summed E-state index contributed by atoms with van der Waals surface area (Å²) in [6.07, 6.45) is 4.60. The normalized spacial score (nSPS) is 4.33. The summed E-state index contributed by atoms with van der Waals surface area (Å²) < 4.78 is 4.25. The molecule has 0 aromatic rings. The summed E-state index contributed by atoms with van der Waals surface area (Å²) >= 11 is 0. The molecule has 0 saturated carbocycles. The first-order valence-electron chi connectivity index (χ1n) is 1.61. The Bertz CT molecular complexity index is 33.7. The highest BCUT2D eigenvalue weighted by Crippen LogP contribution is 1.28. The van der Waals surface area contributed by atoms with Crippen molar-refractivity contribution in [2.75, 3.05) is 14.2 Å². The molecule has 6 heavy (non-hydrogen) atoms. The summed E-state index contributed by atoms with van der Waals surface area (Å²) in [5.74, 6) is 2.25. The molecule has 0 rings (SSSR count). The first-order valence-corrected chi connectivity index (χ1v) is 1.61. The third-order valence-corrected chi connectivity index (χ3v) is 0. The van der Waals surface area contributed by atoms with E-state index in [0.717, 1.165) is 0 Å². The van der Waals surface area contributed by atoms with E-state index in [4.69, 9.17) is 0 Å². The summed E-state index contributed by atoms with van der Waals surface area (Å²) in [6.45, 7) is 1.65. The van der Waals surface area contributed by atoms with Crippen LogP contribution in [0.3, 0.4) is 0 Å². The maximum atomic E-state index is 4.60. The van der Waals surface area contributed by atoms with Gasteiger partial charge in [0.15, 0.2) is 0 Å². The average Bonchev–Trinajstić information content (AvgIpc) is 1.39. The van der Waals surface area contributed by atoms with Crippen LogP contribution in [0.1, 0.15) is 6.92 Å². The summed E-state index contributed by atoms with van der Waals surface area (Å²) in [6, 6.07) is 0. The van der Waals surface area contributed by atoms with Gasteiger partial charge in [-0.2, -0.15) is 0 Å². The van der Waals surface area contributed by atoms with Gasteiger partial charge in [-0.1, -0.05) is 0 Å². The lowest BCUT2D eigenvalue weighted by Crippen LogP contribution is -1.55. The Morgan fingerprint density at radius 1 is 1.50 bits per heavy atom. The molecule has 0 bridgehead atoms. The van der Waals surface area contributed by atoms with Crippen molar-refractivity contribution in [2.24, 2.45) is 0 Å². The third-order valence-electron chi connectivity index (χ3n) is 0. The zero-order valence-electron chi connectivity index (χ0n) is 4.49. The van der Waals surface area contributed by atoms with Crippen molar-refractivity contribution in [1.82, 2.24) is 0 Å². The Kier molecular flexibility index (Phi) is 36.8. The third kappa shape index (κ3) is 97.0. The molecule has 0 fully saturated rings. The van der Waals surface area contributed by atoms with Gasteiger partial charge in [0.25, 0.3) is 0 Å². The predicted octanol–water partition coefficient (Wildman–Crippen LogP) is 0.902. The van der Waals surface area contributed by atoms with E-state index in [9.17, 15) is 0 Å². The van der Waals surface area contributed by atoms with E-state index in [1.165, 1.54) is 0 Å². The van der Waals surface area contributed by atoms with Crippen LogP contribution < -0.4 is 0 Å². The Balaban J connectivity index is 0. The summed E-state index contributed by atoms with van der Waals surface area (Å²) in [5.41, 5.74) is 0. The molecule has 0 aromatic carbocycles. The van der Waals surface area contributed by atoms with Crippen LogP contribution in [0.2, 0.25) is 0 Å². The minimum Gasteiger partial charge on any atom is -0.388 e. The molecule has 36 valence electrons. The molecule has 0 amide bonds. The molecule has 0 unspecified atom stereocenters. The summed E-state index contributed by atoms with van der Waals surface area (Å²) in [7, 11) is 3.25. The van der Waals surface area contributed by atoms with Crippen LogP contribution in [0.5, 0.6) is 0 Å². The Morgan fingerprint density at radius 3 is 1.50 bits per heavy atom. The zero-order chi connectivity index (χ0) is 5.41. The van der Waals surface area contributed by atoms with Crippen molar-refractivity contribution < 1.29 is 4.74 Å². The van der Waals surface area contributed by atoms with Crippen LogP contribution in [0, 0.1) is 12.3 Å². The molecule has 0 aliphatic carbocycles. The van der Waals surface area contributed by atoms with Gasteiger partial charge in [0, 0.05) is 14.2 Å². The molecule has 1 nitrogen and oxygen atoms in total. The minimum absolute atomic E-state index is 1.62. The van der Waals surface area contributed by atoms with Crippen molar-refractivity contribution in [3.05, 3.63) is 0 Å². The van der Waals surface area contributed by atoms with Crippen LogP contribution >= 0.6 is 0 Å². The number of hydrogen-bond donors (Lipinski definition) is 0. The number of rotatable bonds is 0. The Morgan fingerprint density at radius 2 is 1.50 bits per heavy atom. The molecular weight excluding hydrogens is 76.1 g/mol. The van der Waals surface area contributed by atoms with E-state index in [2.05, 4.69) is 17.1 Å². The summed E-state index contributed by atoms with van der Waals surface area (Å²) in [4.78, 5) is 0. The van der Waals surface area contributed by atoms with Crippen LogP contribution in [0.25, 0.3) is 0 Å². The highest BCUT2D eigenvalue weighted by Gasteiger charge is 1.25. The topological polar surface area (TPSA) is 9.23 Å². The van der Waals surface area contributed by atoms with E-state index < -0.39 is 0 Å². The van der Waals surface area contributed by atoms with Crippen LogP contribution in [0.15, 0.2) is 0 Å². The van der Waals surface area contributed by atoms with Gasteiger partial charge in [0.1, 0.15) is 0 Å². The molecule has 1 heteroatoms. The first-order chi connectivity index (χ1) is 2.83. The first kappa shape index (κ1) is 9.10. The Labute approximate surface area is 39.3 Å². The fourth-order valence-electron chi connectivity index (χ4n) is 0. The molecule has 0 aliphatic rings. The van der Waals surface area contributed by atoms with Crippen LogP contribution in [-0.4, -0.2) is 14.2 Å². The molecule has 0 aliphatic heterocycles. The minimum atomic E-state index is 1.62. The molecule has 0 saturated heterocycles. The van der Waals surface area contributed by atoms with Gasteiger partial charge in [-0.15, -0.1) is 12.3 Å². The van der Waals surface area contributed by atoms with E-state index in [-0.39, 0.29) is 0 Å². The van der Waals surface area contributed by atoms with Gasteiger partial charge in [-0.3, -0.25) is 0 Å². The molecule has 0 atom stereocenters. The standard InChI is InChI=1S/C3H4.C2H6O/c2*1-3-2/h1H,2H3;1-2H3. The van der Waals surface area contributed by atoms with Crippen LogP contribution in [-0.2, 0) is 4.74 Å². The molecule has 0 heterocycles. The molecule has 0 spiro atoms. The summed E-state index contributed by atoms with van der Waals surface area (Å²) in [5, 5.41) is 0. The maximum absolute atomic E-state index is 4.60. The molecule has 0 radical (unpaired) electrons. The Hall–Kier alpha value is -0.480. The van der Waals surface area contributed by atoms with Crippen molar-refractivity contribution in [1.29, 1.82) is 0 Å². The van der Waals surface area contributed by atoms with E-state index in [1.54, 1.807) is 21.1 Å². The van der Waals surface area contributed by atoms with E-state index in [1.807, 2.05) is 0 Å². The number of methoxy groups -OCH3 is 1. The van der Waals surface area contributed by atoms with Gasteiger partial charge in [0.2, 0.25) is 0 Å². The van der Waals surface area contributed by atoms with E-state index in [0.29, 0.717) is 0 Å². The molecule has 0 aromatic heterocycles. The number of terminal acetylenes is 1. The fourth-order valence-corrected chi connectivity index (χ4v) is 0. The highest BCUT2D eigenvalue weighted by atomic mass is 16.4. The lowest BCUT2D eigenvalue weighted by atomic mass is 10.9. The second-order valence-electron chi connectivity index (χ2n) is 0.697. The zero-order valence-corrected chi connectivity index (χ0v) is 4.49. The smallest absolute Gasteiger partial charge is 0.0351 e. The van der Waals surface area contributed by atoms with Crippen molar-refractivity contribution in [3.63, 3.8) is 0 Å². The van der Waals surface area contributed by atoms with E-state index >= 15 is 0 Å². The van der Waals surface area contributed by atoms with Gasteiger partial charge in [-0.05, 0) is 6.92 Å². The number of ether oxygens (including phenoxy) is 1. The molecule has 0 N–H and O–H groups in total. The van der Waals surface area contributed by atoms with Gasteiger partial charge in [-0.25, -0.2) is 0 Å². The predicted molar refractivity (Wildman–Crippen MR) is 27.4 cm³/mol. The van der Waals surface area contributed by atoms with Gasteiger partial charge < -0.3 is 4.74 Å². The second-order valence-corrected chi connectivity index (χ2v) is 0.697. The SMILES string of the molecule is C#CC.COC. The quantitative estimate of drug-likeness (QED) is 0.398. The van der Waals surface area contributed by atoms with Crippen LogP contribution in [0.4, 0.5) is 0 Å². The fraction of sp³-hybridized carbons (Fsp3) is 0.600. The number of hydrogen-bond acceptors (Lipinski definition) is 1. The monoisotopic (exact) mass is 86.1 g/mol. The van der Waals surface area contributed by atoms with Crippen molar-refractivity contribution >= 4 is 0 Å². The maximum Gasteiger partial charge on any atom is 0.0351 e.